The Morgan fingerprint density at radius 2 is 1.80 bits per heavy atom. The Kier molecular flexibility index (Phi) is 6.74. The summed E-state index contributed by atoms with van der Waals surface area (Å²) in [4.78, 5) is 14.9. The number of amides is 1. The first-order valence-corrected chi connectivity index (χ1v) is 10.7. The number of carbonyl (C=O) groups excluding carboxylic acids is 1. The van der Waals surface area contributed by atoms with Crippen LogP contribution in [0.25, 0.3) is 0 Å². The van der Waals surface area contributed by atoms with E-state index in [2.05, 4.69) is 22.3 Å². The van der Waals surface area contributed by atoms with Crippen molar-refractivity contribution < 1.29 is 19.0 Å². The zero-order valence-electron chi connectivity index (χ0n) is 17.6. The lowest BCUT2D eigenvalue weighted by atomic mass is 9.92. The SMILES string of the molecule is COc1ccc(CN2CCC(CCC(=O)Nc3ccc4c(c3)OCCO4)CC2)cc1. The van der Waals surface area contributed by atoms with Crippen molar-refractivity contribution in [1.82, 2.24) is 4.90 Å². The third-order valence-corrected chi connectivity index (χ3v) is 5.88. The number of likely N-dealkylation sites (tertiary alicyclic amines) is 1. The van der Waals surface area contributed by atoms with Gasteiger partial charge in [0.2, 0.25) is 5.91 Å². The third kappa shape index (κ3) is 5.45. The molecule has 160 valence electrons. The molecule has 2 aliphatic rings. The quantitative estimate of drug-likeness (QED) is 0.745. The Morgan fingerprint density at radius 1 is 1.07 bits per heavy atom. The Morgan fingerprint density at radius 3 is 2.53 bits per heavy atom. The summed E-state index contributed by atoms with van der Waals surface area (Å²) in [7, 11) is 1.69. The Labute approximate surface area is 178 Å². The third-order valence-electron chi connectivity index (χ3n) is 5.88. The molecule has 6 heteroatoms. The molecule has 0 saturated carbocycles. The van der Waals surface area contributed by atoms with Crippen LogP contribution in [0.5, 0.6) is 17.2 Å². The number of nitrogens with one attached hydrogen (secondary N) is 1. The molecule has 0 spiro atoms. The predicted molar refractivity (Wildman–Crippen MR) is 116 cm³/mol. The molecule has 1 fully saturated rings. The number of anilines is 1. The lowest BCUT2D eigenvalue weighted by molar-refractivity contribution is -0.116. The molecule has 0 aromatic heterocycles. The molecule has 1 saturated heterocycles. The highest BCUT2D eigenvalue weighted by Crippen LogP contribution is 2.32. The first-order chi connectivity index (χ1) is 14.7. The molecule has 2 aromatic carbocycles. The van der Waals surface area contributed by atoms with Gasteiger partial charge in [0.1, 0.15) is 19.0 Å². The van der Waals surface area contributed by atoms with Gasteiger partial charge in [-0.2, -0.15) is 0 Å². The van der Waals surface area contributed by atoms with Crippen LogP contribution < -0.4 is 19.5 Å². The molecule has 1 N–H and O–H groups in total. The summed E-state index contributed by atoms with van der Waals surface area (Å²) < 4.78 is 16.3. The van der Waals surface area contributed by atoms with Crippen molar-refractivity contribution in [3.63, 3.8) is 0 Å². The average Bonchev–Trinajstić information content (AvgIpc) is 2.79. The number of fused-ring (bicyclic) bond motifs is 1. The van der Waals surface area contributed by atoms with E-state index in [9.17, 15) is 4.79 Å². The van der Waals surface area contributed by atoms with Crippen LogP contribution in [-0.4, -0.2) is 44.2 Å². The van der Waals surface area contributed by atoms with Crippen molar-refractivity contribution in [3.8, 4) is 17.2 Å². The summed E-state index contributed by atoms with van der Waals surface area (Å²) in [5.74, 6) is 3.01. The van der Waals surface area contributed by atoms with Crippen molar-refractivity contribution in [2.24, 2.45) is 5.92 Å². The van der Waals surface area contributed by atoms with Gasteiger partial charge in [-0.3, -0.25) is 9.69 Å². The summed E-state index contributed by atoms with van der Waals surface area (Å²) in [6.45, 7) is 4.25. The Bertz CT molecular complexity index is 845. The predicted octanol–water partition coefficient (Wildman–Crippen LogP) is 4.10. The second-order valence-corrected chi connectivity index (χ2v) is 8.01. The highest BCUT2D eigenvalue weighted by Gasteiger charge is 2.20. The van der Waals surface area contributed by atoms with E-state index < -0.39 is 0 Å². The van der Waals surface area contributed by atoms with Crippen LogP contribution in [0.1, 0.15) is 31.2 Å². The van der Waals surface area contributed by atoms with Crippen LogP contribution in [0.3, 0.4) is 0 Å². The maximum atomic E-state index is 12.4. The van der Waals surface area contributed by atoms with Gasteiger partial charge in [-0.05, 0) is 68.1 Å². The van der Waals surface area contributed by atoms with Gasteiger partial charge in [0.15, 0.2) is 11.5 Å². The minimum absolute atomic E-state index is 0.0624. The van der Waals surface area contributed by atoms with Gasteiger partial charge in [0.25, 0.3) is 0 Å². The number of rotatable bonds is 7. The van der Waals surface area contributed by atoms with E-state index >= 15 is 0 Å². The number of methoxy groups -OCH3 is 1. The van der Waals surface area contributed by atoms with E-state index in [0.29, 0.717) is 31.3 Å². The zero-order valence-corrected chi connectivity index (χ0v) is 17.6. The van der Waals surface area contributed by atoms with Crippen molar-refractivity contribution in [1.29, 1.82) is 0 Å². The van der Waals surface area contributed by atoms with Gasteiger partial charge in [-0.15, -0.1) is 0 Å². The van der Waals surface area contributed by atoms with E-state index in [1.54, 1.807) is 7.11 Å². The summed E-state index contributed by atoms with van der Waals surface area (Å²) in [5, 5.41) is 2.99. The maximum Gasteiger partial charge on any atom is 0.224 e. The summed E-state index contributed by atoms with van der Waals surface area (Å²) in [6, 6.07) is 13.8. The zero-order chi connectivity index (χ0) is 20.8. The number of hydrogen-bond donors (Lipinski definition) is 1. The minimum atomic E-state index is 0.0624. The molecular weight excluding hydrogens is 380 g/mol. The van der Waals surface area contributed by atoms with Gasteiger partial charge in [-0.1, -0.05) is 12.1 Å². The van der Waals surface area contributed by atoms with E-state index in [4.69, 9.17) is 14.2 Å². The van der Waals surface area contributed by atoms with E-state index in [0.717, 1.165) is 56.1 Å². The smallest absolute Gasteiger partial charge is 0.224 e. The van der Waals surface area contributed by atoms with Crippen molar-refractivity contribution in [2.45, 2.75) is 32.2 Å². The minimum Gasteiger partial charge on any atom is -0.497 e. The fourth-order valence-electron chi connectivity index (χ4n) is 4.10. The van der Waals surface area contributed by atoms with Crippen molar-refractivity contribution in [2.75, 3.05) is 38.7 Å². The first-order valence-electron chi connectivity index (χ1n) is 10.7. The van der Waals surface area contributed by atoms with Crippen LogP contribution >= 0.6 is 0 Å². The van der Waals surface area contributed by atoms with Gasteiger partial charge in [0.05, 0.1) is 7.11 Å². The molecule has 2 aromatic rings. The van der Waals surface area contributed by atoms with Crippen molar-refractivity contribution >= 4 is 11.6 Å². The lowest BCUT2D eigenvalue weighted by Gasteiger charge is -2.32. The molecule has 0 unspecified atom stereocenters. The van der Waals surface area contributed by atoms with E-state index in [1.807, 2.05) is 30.3 Å². The molecule has 0 radical (unpaired) electrons. The van der Waals surface area contributed by atoms with Crippen LogP contribution in [0.2, 0.25) is 0 Å². The Balaban J connectivity index is 1.17. The summed E-state index contributed by atoms with van der Waals surface area (Å²) >= 11 is 0. The van der Waals surface area contributed by atoms with Crippen LogP contribution in [0.4, 0.5) is 5.69 Å². The molecule has 0 aliphatic carbocycles. The second kappa shape index (κ2) is 9.85. The molecule has 0 bridgehead atoms. The molecule has 2 aliphatic heterocycles. The lowest BCUT2D eigenvalue weighted by Crippen LogP contribution is -2.33. The highest BCUT2D eigenvalue weighted by atomic mass is 16.6. The normalized spacial score (nSPS) is 16.8. The highest BCUT2D eigenvalue weighted by molar-refractivity contribution is 5.91. The number of hydrogen-bond acceptors (Lipinski definition) is 5. The fraction of sp³-hybridized carbons (Fsp3) is 0.458. The largest absolute Gasteiger partial charge is 0.497 e. The summed E-state index contributed by atoms with van der Waals surface area (Å²) in [5.41, 5.74) is 2.08. The molecular formula is C24H30N2O4. The molecule has 0 atom stereocenters. The van der Waals surface area contributed by atoms with Gasteiger partial charge in [-0.25, -0.2) is 0 Å². The van der Waals surface area contributed by atoms with Gasteiger partial charge < -0.3 is 19.5 Å². The first kappa shape index (κ1) is 20.5. The number of nitrogens with zero attached hydrogens (tertiary/aromatic N) is 1. The average molecular weight is 411 g/mol. The number of carbonyl (C=O) groups is 1. The van der Waals surface area contributed by atoms with E-state index in [1.165, 1.54) is 5.56 Å². The monoisotopic (exact) mass is 410 g/mol. The topological polar surface area (TPSA) is 60.0 Å². The number of ether oxygens (including phenoxy) is 3. The van der Waals surface area contributed by atoms with E-state index in [-0.39, 0.29) is 5.91 Å². The fourth-order valence-corrected chi connectivity index (χ4v) is 4.10. The second-order valence-electron chi connectivity index (χ2n) is 8.01. The van der Waals surface area contributed by atoms with Crippen molar-refractivity contribution in [3.05, 3.63) is 48.0 Å². The number of piperidine rings is 1. The maximum absolute atomic E-state index is 12.4. The van der Waals surface area contributed by atoms with Crippen LogP contribution in [0, 0.1) is 5.92 Å². The Hall–Kier alpha value is -2.73. The van der Waals surface area contributed by atoms with Gasteiger partial charge in [0, 0.05) is 24.7 Å². The molecule has 1 amide bonds. The molecule has 6 nitrogen and oxygen atoms in total. The summed E-state index contributed by atoms with van der Waals surface area (Å²) in [6.07, 6.45) is 3.78. The van der Waals surface area contributed by atoms with Gasteiger partial charge >= 0.3 is 0 Å². The molecule has 4 rings (SSSR count). The molecule has 30 heavy (non-hydrogen) atoms. The van der Waals surface area contributed by atoms with Crippen LogP contribution in [0.15, 0.2) is 42.5 Å². The van der Waals surface area contributed by atoms with Crippen LogP contribution in [-0.2, 0) is 11.3 Å². The molecule has 2 heterocycles. The standard InChI is InChI=1S/C24H30N2O4/c1-28-21-6-2-19(3-7-21)17-26-12-10-18(11-13-26)4-9-24(27)25-20-5-8-22-23(16-20)30-15-14-29-22/h2-3,5-8,16,18H,4,9-15,17H2,1H3,(H,25,27). The number of benzene rings is 2.